The van der Waals surface area contributed by atoms with Crippen LogP contribution < -0.4 is 0 Å². The standard InChI is InChI=1S/C27H40O7Si2/c1-12(15-8-13-9-16(15)21-19(13)23(28)32-25(21)30)36(6,7)34-27(2,3)35(4,5)18-11-14-10-17(18)22-20(14)24(29)33-26(22)31/h12-22H,8-11H2,1-7H3. The van der Waals surface area contributed by atoms with Gasteiger partial charge in [-0.2, -0.15) is 0 Å². The van der Waals surface area contributed by atoms with E-state index in [9.17, 15) is 19.2 Å². The Bertz CT molecular complexity index is 1050. The van der Waals surface area contributed by atoms with E-state index in [-0.39, 0.29) is 76.4 Å². The first-order chi connectivity index (χ1) is 16.7. The fourth-order valence-corrected chi connectivity index (χ4v) is 17.8. The van der Waals surface area contributed by atoms with Gasteiger partial charge in [0, 0.05) is 5.22 Å². The number of fused-ring (bicyclic) bond motifs is 10. The third-order valence-corrected chi connectivity index (χ3v) is 21.9. The molecule has 0 N–H and O–H groups in total. The molecular weight excluding hydrogens is 492 g/mol. The molecule has 11 unspecified atom stereocenters. The van der Waals surface area contributed by atoms with Gasteiger partial charge in [0.15, 0.2) is 8.32 Å². The molecule has 2 heterocycles. The highest BCUT2D eigenvalue weighted by Gasteiger charge is 2.68. The van der Waals surface area contributed by atoms with Crippen LogP contribution in [0.4, 0.5) is 0 Å². The van der Waals surface area contributed by atoms with Crippen LogP contribution in [-0.4, -0.2) is 45.5 Å². The lowest BCUT2D eigenvalue weighted by molar-refractivity contribution is -0.156. The van der Waals surface area contributed by atoms with E-state index >= 15 is 0 Å². The lowest BCUT2D eigenvalue weighted by Gasteiger charge is -2.52. The average Bonchev–Trinajstić information content (AvgIpc) is 3.58. The van der Waals surface area contributed by atoms with E-state index in [0.29, 0.717) is 17.0 Å². The van der Waals surface area contributed by atoms with Crippen LogP contribution in [0.2, 0.25) is 37.3 Å². The predicted molar refractivity (Wildman–Crippen MR) is 135 cm³/mol. The summed E-state index contributed by atoms with van der Waals surface area (Å²) in [6.07, 6.45) is 3.92. The SMILES string of the molecule is CC(C1CC2CC1C1C(=O)OC(=O)C21)[Si](C)(C)OC(C)(C)[Si](C)(C)C1CC2CC1C1C(=O)OC(=O)C21. The Hall–Kier alpha value is -1.33. The number of rotatable bonds is 6. The summed E-state index contributed by atoms with van der Waals surface area (Å²) < 4.78 is 17.3. The van der Waals surface area contributed by atoms with E-state index in [0.717, 1.165) is 25.7 Å². The van der Waals surface area contributed by atoms with Gasteiger partial charge in [0.2, 0.25) is 0 Å². The maximum Gasteiger partial charge on any atom is 0.317 e. The summed E-state index contributed by atoms with van der Waals surface area (Å²) in [7, 11) is -4.25. The summed E-state index contributed by atoms with van der Waals surface area (Å²) in [6, 6.07) is 0. The Morgan fingerprint density at radius 3 is 1.81 bits per heavy atom. The molecule has 0 aromatic rings. The molecule has 6 rings (SSSR count). The number of esters is 4. The number of carbonyl (C=O) groups is 4. The summed E-state index contributed by atoms with van der Waals surface area (Å²) in [5.41, 5.74) is 0.785. The Kier molecular flexibility index (Phi) is 5.29. The van der Waals surface area contributed by atoms with Gasteiger partial charge in [0.1, 0.15) is 0 Å². The molecule has 2 aliphatic heterocycles. The van der Waals surface area contributed by atoms with Gasteiger partial charge in [0.25, 0.3) is 0 Å². The molecule has 0 amide bonds. The first kappa shape index (κ1) is 25.0. The lowest BCUT2D eigenvalue weighted by atomic mass is 9.74. The van der Waals surface area contributed by atoms with Crippen molar-refractivity contribution in [2.45, 2.75) is 88.9 Å². The molecule has 4 saturated carbocycles. The van der Waals surface area contributed by atoms with Crippen molar-refractivity contribution in [3.8, 4) is 0 Å². The maximum atomic E-state index is 12.5. The van der Waals surface area contributed by atoms with Crippen LogP contribution in [-0.2, 0) is 33.1 Å². The summed E-state index contributed by atoms with van der Waals surface area (Å²) in [6.45, 7) is 16.3. The second-order valence-electron chi connectivity index (χ2n) is 14.4. The zero-order valence-electron chi connectivity index (χ0n) is 22.5. The number of ether oxygens (including phenoxy) is 2. The Morgan fingerprint density at radius 2 is 1.22 bits per heavy atom. The van der Waals surface area contributed by atoms with Crippen molar-refractivity contribution in [2.75, 3.05) is 0 Å². The van der Waals surface area contributed by atoms with Crippen LogP contribution in [0.1, 0.15) is 46.5 Å². The second kappa shape index (κ2) is 7.62. The van der Waals surface area contributed by atoms with Crippen molar-refractivity contribution in [1.82, 2.24) is 0 Å². The second-order valence-corrected chi connectivity index (χ2v) is 24.1. The van der Waals surface area contributed by atoms with Crippen LogP contribution in [0, 0.1) is 53.3 Å². The molecule has 0 radical (unpaired) electrons. The van der Waals surface area contributed by atoms with Crippen LogP contribution in [0.25, 0.3) is 0 Å². The highest BCUT2D eigenvalue weighted by molar-refractivity contribution is 6.83. The van der Waals surface area contributed by atoms with Gasteiger partial charge in [0.05, 0.1) is 31.7 Å². The van der Waals surface area contributed by atoms with Crippen LogP contribution >= 0.6 is 0 Å². The fourth-order valence-electron chi connectivity index (χ4n) is 9.81. The van der Waals surface area contributed by atoms with Gasteiger partial charge in [-0.25, -0.2) is 0 Å². The number of hydrogen-bond acceptors (Lipinski definition) is 7. The molecule has 11 atom stereocenters. The first-order valence-corrected chi connectivity index (χ1v) is 19.9. The molecule has 36 heavy (non-hydrogen) atoms. The van der Waals surface area contributed by atoms with Gasteiger partial charge in [-0.15, -0.1) is 0 Å². The molecule has 198 valence electrons. The van der Waals surface area contributed by atoms with E-state index in [2.05, 4.69) is 47.0 Å². The van der Waals surface area contributed by atoms with Crippen molar-refractivity contribution in [3.05, 3.63) is 0 Å². The average molecular weight is 533 g/mol. The molecule has 0 spiro atoms. The van der Waals surface area contributed by atoms with Gasteiger partial charge >= 0.3 is 23.9 Å². The van der Waals surface area contributed by atoms with Gasteiger partial charge in [-0.1, -0.05) is 20.0 Å². The smallest absolute Gasteiger partial charge is 0.317 e. The van der Waals surface area contributed by atoms with Crippen LogP contribution in [0.15, 0.2) is 0 Å². The predicted octanol–water partition coefficient (Wildman–Crippen LogP) is 4.32. The molecule has 7 nitrogen and oxygen atoms in total. The van der Waals surface area contributed by atoms with Crippen molar-refractivity contribution in [3.63, 3.8) is 0 Å². The minimum absolute atomic E-state index is 0.213. The van der Waals surface area contributed by atoms with Gasteiger partial charge in [-0.05, 0) is 93.3 Å². The highest BCUT2D eigenvalue weighted by atomic mass is 28.4. The molecular formula is C27H40O7Si2. The monoisotopic (exact) mass is 532 g/mol. The quantitative estimate of drug-likeness (QED) is 0.285. The minimum atomic E-state index is -2.21. The largest absolute Gasteiger partial charge is 0.415 e. The van der Waals surface area contributed by atoms with E-state index in [1.807, 2.05) is 0 Å². The van der Waals surface area contributed by atoms with E-state index in [1.54, 1.807) is 0 Å². The molecule has 0 aromatic heterocycles. The third kappa shape index (κ3) is 3.17. The minimum Gasteiger partial charge on any atom is -0.415 e. The fraction of sp³-hybridized carbons (Fsp3) is 0.852. The Balaban J connectivity index is 1.19. The number of hydrogen-bond donors (Lipinski definition) is 0. The van der Waals surface area contributed by atoms with Gasteiger partial charge in [-0.3, -0.25) is 19.2 Å². The Morgan fingerprint density at radius 1 is 0.750 bits per heavy atom. The van der Waals surface area contributed by atoms with E-state index in [4.69, 9.17) is 13.9 Å². The topological polar surface area (TPSA) is 96.0 Å². The first-order valence-electron chi connectivity index (χ1n) is 13.9. The van der Waals surface area contributed by atoms with Crippen molar-refractivity contribution < 1.29 is 33.1 Å². The van der Waals surface area contributed by atoms with Crippen LogP contribution in [0.3, 0.4) is 0 Å². The lowest BCUT2D eigenvalue weighted by Crippen LogP contribution is -2.61. The van der Waals surface area contributed by atoms with Crippen molar-refractivity contribution in [1.29, 1.82) is 0 Å². The Labute approximate surface area is 215 Å². The van der Waals surface area contributed by atoms with Crippen LogP contribution in [0.5, 0.6) is 0 Å². The summed E-state index contributed by atoms with van der Waals surface area (Å²) in [5.74, 6) is -0.728. The maximum absolute atomic E-state index is 12.5. The number of cyclic esters (lactones) is 4. The van der Waals surface area contributed by atoms with E-state index in [1.165, 1.54) is 0 Å². The molecule has 6 aliphatic rings. The molecule has 9 heteroatoms. The van der Waals surface area contributed by atoms with Crippen molar-refractivity contribution in [2.24, 2.45) is 53.3 Å². The highest BCUT2D eigenvalue weighted by Crippen LogP contribution is 2.65. The summed E-state index contributed by atoms with van der Waals surface area (Å²) >= 11 is 0. The molecule has 0 aromatic carbocycles. The van der Waals surface area contributed by atoms with E-state index < -0.39 is 16.4 Å². The molecule has 4 bridgehead atoms. The third-order valence-electron chi connectivity index (χ3n) is 12.3. The number of carbonyl (C=O) groups excluding carboxylic acids is 4. The zero-order valence-corrected chi connectivity index (χ0v) is 24.5. The van der Waals surface area contributed by atoms with Gasteiger partial charge < -0.3 is 13.9 Å². The molecule has 6 fully saturated rings. The normalized spacial score (nSPS) is 44.2. The molecule has 4 aliphatic carbocycles. The summed E-state index contributed by atoms with van der Waals surface area (Å²) in [4.78, 5) is 49.5. The molecule has 2 saturated heterocycles. The van der Waals surface area contributed by atoms with Crippen molar-refractivity contribution >= 4 is 40.3 Å². The zero-order chi connectivity index (χ0) is 26.1. The summed E-state index contributed by atoms with van der Waals surface area (Å²) in [5, 5.41) is -0.295.